The third kappa shape index (κ3) is 4.33. The quantitative estimate of drug-likeness (QED) is 0.289. The Morgan fingerprint density at radius 3 is 2.45 bits per heavy atom. The summed E-state index contributed by atoms with van der Waals surface area (Å²) in [6.45, 7) is 4.19. The number of carboxylic acid groups (broad SMARTS) is 1. The molecule has 31 heavy (non-hydrogen) atoms. The van der Waals surface area contributed by atoms with Gasteiger partial charge in [0.25, 0.3) is 0 Å². The lowest BCUT2D eigenvalue weighted by Crippen LogP contribution is -1.96. The Balaban J connectivity index is 1.93. The number of benzene rings is 3. The molecule has 4 rings (SSSR count). The highest BCUT2D eigenvalue weighted by atomic mass is 16.4. The topological polar surface area (TPSA) is 66.0 Å². The van der Waals surface area contributed by atoms with Crippen molar-refractivity contribution in [3.63, 3.8) is 0 Å². The predicted molar refractivity (Wildman–Crippen MR) is 127 cm³/mol. The molecule has 4 aromatic rings. The third-order valence-corrected chi connectivity index (χ3v) is 5.47. The maximum absolute atomic E-state index is 10.9. The minimum atomic E-state index is -0.949. The first-order chi connectivity index (χ1) is 15.1. The van der Waals surface area contributed by atoms with Gasteiger partial charge in [0, 0.05) is 11.5 Å². The van der Waals surface area contributed by atoms with Crippen molar-refractivity contribution in [2.75, 3.05) is 0 Å². The molecule has 0 spiro atoms. The zero-order valence-corrected chi connectivity index (χ0v) is 17.6. The van der Waals surface area contributed by atoms with E-state index in [1.54, 1.807) is 6.08 Å². The number of carbonyl (C=O) groups is 1. The summed E-state index contributed by atoms with van der Waals surface area (Å²) in [7, 11) is 0. The van der Waals surface area contributed by atoms with Crippen molar-refractivity contribution in [1.82, 2.24) is 10.2 Å². The highest BCUT2D eigenvalue weighted by Crippen LogP contribution is 2.36. The lowest BCUT2D eigenvalue weighted by atomic mass is 9.86. The number of carboxylic acids is 1. The predicted octanol–water partition coefficient (Wildman–Crippen LogP) is 6.34. The highest BCUT2D eigenvalue weighted by molar-refractivity contribution is 6.00. The van der Waals surface area contributed by atoms with Gasteiger partial charge in [-0.2, -0.15) is 5.10 Å². The van der Waals surface area contributed by atoms with Crippen LogP contribution in [-0.4, -0.2) is 21.3 Å². The monoisotopic (exact) mass is 408 g/mol. The lowest BCUT2D eigenvalue weighted by Gasteiger charge is -2.17. The van der Waals surface area contributed by atoms with Crippen LogP contribution >= 0.6 is 0 Å². The molecule has 4 nitrogen and oxygen atoms in total. The number of nitrogens with one attached hydrogen (secondary N) is 1. The number of H-pyrrole nitrogens is 1. The molecule has 0 aliphatic carbocycles. The van der Waals surface area contributed by atoms with Crippen molar-refractivity contribution in [2.24, 2.45) is 0 Å². The van der Waals surface area contributed by atoms with Crippen LogP contribution in [0.25, 0.3) is 28.1 Å². The summed E-state index contributed by atoms with van der Waals surface area (Å²) < 4.78 is 0. The summed E-state index contributed by atoms with van der Waals surface area (Å²) in [5.74, 6) is -0.949. The van der Waals surface area contributed by atoms with Gasteiger partial charge in [0.1, 0.15) is 0 Å². The first kappa shape index (κ1) is 20.4. The van der Waals surface area contributed by atoms with E-state index in [1.165, 1.54) is 22.8 Å². The Labute approximate surface area is 181 Å². The van der Waals surface area contributed by atoms with Crippen molar-refractivity contribution in [3.8, 4) is 0 Å². The van der Waals surface area contributed by atoms with Crippen LogP contribution in [0.5, 0.6) is 0 Å². The molecule has 0 aliphatic heterocycles. The number of aliphatic carboxylic acids is 1. The summed E-state index contributed by atoms with van der Waals surface area (Å²) in [5, 5.41) is 17.2. The van der Waals surface area contributed by atoms with Gasteiger partial charge in [-0.3, -0.25) is 5.10 Å². The van der Waals surface area contributed by atoms with E-state index in [4.69, 9.17) is 5.11 Å². The zero-order chi connectivity index (χ0) is 21.8. The Morgan fingerprint density at radius 2 is 1.74 bits per heavy atom. The van der Waals surface area contributed by atoms with Crippen LogP contribution in [0.15, 0.2) is 79.0 Å². The number of aromatic nitrogens is 2. The molecule has 3 aromatic carbocycles. The largest absolute Gasteiger partial charge is 0.478 e. The molecule has 0 saturated heterocycles. The average molecular weight is 409 g/mol. The van der Waals surface area contributed by atoms with Crippen LogP contribution in [0.1, 0.15) is 41.2 Å². The van der Waals surface area contributed by atoms with E-state index in [9.17, 15) is 4.79 Å². The second-order valence-electron chi connectivity index (χ2n) is 7.49. The summed E-state index contributed by atoms with van der Waals surface area (Å²) in [4.78, 5) is 10.9. The Bertz CT molecular complexity index is 1300. The van der Waals surface area contributed by atoms with E-state index < -0.39 is 5.97 Å². The number of allylic oxidation sites excluding steroid dienone is 1. The van der Waals surface area contributed by atoms with Crippen molar-refractivity contribution in [1.29, 1.82) is 0 Å². The number of hydrogen-bond acceptors (Lipinski definition) is 2. The zero-order valence-electron chi connectivity index (χ0n) is 17.6. The van der Waals surface area contributed by atoms with E-state index in [1.807, 2.05) is 25.3 Å². The van der Waals surface area contributed by atoms with Crippen molar-refractivity contribution in [3.05, 3.63) is 107 Å². The Kier molecular flexibility index (Phi) is 5.80. The van der Waals surface area contributed by atoms with Gasteiger partial charge in [0.15, 0.2) is 0 Å². The fourth-order valence-electron chi connectivity index (χ4n) is 3.96. The van der Waals surface area contributed by atoms with Gasteiger partial charge in [0.2, 0.25) is 0 Å². The summed E-state index contributed by atoms with van der Waals surface area (Å²) >= 11 is 0. The van der Waals surface area contributed by atoms with Gasteiger partial charge in [-0.15, -0.1) is 0 Å². The molecule has 1 aromatic heterocycles. The standard InChI is InChI=1S/C27H24N2O2/c1-3-24(20-7-5-4-6-8-20)27(22-11-13-25-23(16-22)17-28-29-25)21-10-9-19(18(2)15-21)12-14-26(30)31/h4-17H,3H2,1-2H3,(H,28,29)(H,30,31). The first-order valence-electron chi connectivity index (χ1n) is 10.3. The number of aryl methyl sites for hydroxylation is 1. The van der Waals surface area contributed by atoms with E-state index in [0.29, 0.717) is 0 Å². The highest BCUT2D eigenvalue weighted by Gasteiger charge is 2.14. The van der Waals surface area contributed by atoms with E-state index >= 15 is 0 Å². The smallest absolute Gasteiger partial charge is 0.328 e. The van der Waals surface area contributed by atoms with Gasteiger partial charge in [0.05, 0.1) is 11.7 Å². The van der Waals surface area contributed by atoms with Crippen molar-refractivity contribution >= 4 is 34.1 Å². The van der Waals surface area contributed by atoms with Crippen LogP contribution < -0.4 is 0 Å². The number of rotatable bonds is 6. The summed E-state index contributed by atoms with van der Waals surface area (Å²) in [6, 6.07) is 23.0. The molecule has 154 valence electrons. The molecule has 0 atom stereocenters. The van der Waals surface area contributed by atoms with E-state index in [0.717, 1.165) is 39.6 Å². The minimum absolute atomic E-state index is 0.877. The molecule has 2 N–H and O–H groups in total. The number of aromatic amines is 1. The fourth-order valence-corrected chi connectivity index (χ4v) is 3.96. The molecule has 0 aliphatic rings. The molecule has 0 radical (unpaired) electrons. The van der Waals surface area contributed by atoms with E-state index in [-0.39, 0.29) is 0 Å². The Morgan fingerprint density at radius 1 is 1.00 bits per heavy atom. The van der Waals surface area contributed by atoms with Crippen LogP contribution in [0.3, 0.4) is 0 Å². The van der Waals surface area contributed by atoms with Crippen LogP contribution in [-0.2, 0) is 4.79 Å². The summed E-state index contributed by atoms with van der Waals surface area (Å²) in [6.07, 6.45) is 5.53. The molecule has 4 heteroatoms. The number of nitrogens with zero attached hydrogens (tertiary/aromatic N) is 1. The second kappa shape index (κ2) is 8.84. The molecular weight excluding hydrogens is 384 g/mol. The average Bonchev–Trinajstić information content (AvgIpc) is 3.25. The molecule has 0 saturated carbocycles. The van der Waals surface area contributed by atoms with E-state index in [2.05, 4.69) is 71.7 Å². The minimum Gasteiger partial charge on any atom is -0.478 e. The molecule has 1 heterocycles. The second-order valence-corrected chi connectivity index (χ2v) is 7.49. The third-order valence-electron chi connectivity index (χ3n) is 5.47. The molecule has 0 amide bonds. The van der Waals surface area contributed by atoms with Gasteiger partial charge in [-0.05, 0) is 70.5 Å². The number of fused-ring (bicyclic) bond motifs is 1. The van der Waals surface area contributed by atoms with Crippen molar-refractivity contribution in [2.45, 2.75) is 20.3 Å². The number of hydrogen-bond donors (Lipinski definition) is 2. The molecule has 0 fully saturated rings. The molecule has 0 bridgehead atoms. The van der Waals surface area contributed by atoms with Crippen LogP contribution in [0.2, 0.25) is 0 Å². The maximum Gasteiger partial charge on any atom is 0.328 e. The van der Waals surface area contributed by atoms with Crippen LogP contribution in [0.4, 0.5) is 0 Å². The van der Waals surface area contributed by atoms with Crippen LogP contribution in [0, 0.1) is 6.92 Å². The Hall–Kier alpha value is -3.92. The fraction of sp³-hybridized carbons (Fsp3) is 0.111. The van der Waals surface area contributed by atoms with Crippen molar-refractivity contribution < 1.29 is 9.90 Å². The van der Waals surface area contributed by atoms with Gasteiger partial charge < -0.3 is 5.11 Å². The molecular formula is C27H24N2O2. The van der Waals surface area contributed by atoms with Gasteiger partial charge in [-0.25, -0.2) is 4.79 Å². The lowest BCUT2D eigenvalue weighted by molar-refractivity contribution is -0.131. The molecule has 0 unspecified atom stereocenters. The normalized spacial score (nSPS) is 12.3. The maximum atomic E-state index is 10.9. The van der Waals surface area contributed by atoms with Gasteiger partial charge in [-0.1, -0.05) is 61.5 Å². The first-order valence-corrected chi connectivity index (χ1v) is 10.3. The summed E-state index contributed by atoms with van der Waals surface area (Å²) in [5.41, 5.74) is 8.79. The SMILES string of the molecule is CCC(=C(c1ccc(C=CC(=O)O)c(C)c1)c1ccc2[nH]ncc2c1)c1ccccc1. The van der Waals surface area contributed by atoms with Gasteiger partial charge >= 0.3 is 5.97 Å².